The summed E-state index contributed by atoms with van der Waals surface area (Å²) in [7, 11) is 1.35. The van der Waals surface area contributed by atoms with Crippen molar-refractivity contribution < 1.29 is 14.3 Å². The Morgan fingerprint density at radius 2 is 1.64 bits per heavy atom. The van der Waals surface area contributed by atoms with Crippen LogP contribution in [-0.4, -0.2) is 24.5 Å². The van der Waals surface area contributed by atoms with Gasteiger partial charge in [-0.2, -0.15) is 0 Å². The van der Waals surface area contributed by atoms with Crippen LogP contribution in [-0.2, 0) is 9.53 Å². The van der Waals surface area contributed by atoms with Gasteiger partial charge in [0.05, 0.1) is 7.11 Å². The summed E-state index contributed by atoms with van der Waals surface area (Å²) in [6.45, 7) is 0. The average Bonchev–Trinajstić information content (AvgIpc) is 3.31. The minimum Gasteiger partial charge on any atom is -0.467 e. The van der Waals surface area contributed by atoms with Crippen LogP contribution in [0.2, 0.25) is 0 Å². The highest BCUT2D eigenvalue weighted by Gasteiger charge is 2.62. The Morgan fingerprint density at radius 3 is 2.23 bits per heavy atom. The van der Waals surface area contributed by atoms with Crippen molar-refractivity contribution in [1.29, 1.82) is 0 Å². The zero-order valence-corrected chi connectivity index (χ0v) is 12.3. The Labute approximate surface area is 129 Å². The highest BCUT2D eigenvalue weighted by Crippen LogP contribution is 2.52. The standard InChI is InChI=1S/C18H17NO3/c1-22-17(21)18(12-15(18)13-8-4-2-5-9-13)19-16(20)14-10-6-3-7-11-14/h2-11,15H,12H2,1H3,(H,19,20). The first-order valence-electron chi connectivity index (χ1n) is 7.18. The lowest BCUT2D eigenvalue weighted by Gasteiger charge is -2.17. The molecule has 112 valence electrons. The SMILES string of the molecule is COC(=O)C1(NC(=O)c2ccccc2)CC1c1ccccc1. The molecule has 0 aromatic heterocycles. The van der Waals surface area contributed by atoms with E-state index in [9.17, 15) is 9.59 Å². The number of ether oxygens (including phenoxy) is 1. The molecule has 4 nitrogen and oxygen atoms in total. The van der Waals surface area contributed by atoms with Crippen molar-refractivity contribution >= 4 is 11.9 Å². The molecule has 0 saturated heterocycles. The van der Waals surface area contributed by atoms with Crippen molar-refractivity contribution in [2.75, 3.05) is 7.11 Å². The van der Waals surface area contributed by atoms with Gasteiger partial charge in [-0.05, 0) is 24.1 Å². The van der Waals surface area contributed by atoms with Crippen LogP contribution in [0.15, 0.2) is 60.7 Å². The molecule has 1 fully saturated rings. The topological polar surface area (TPSA) is 55.4 Å². The minimum atomic E-state index is -0.955. The highest BCUT2D eigenvalue weighted by atomic mass is 16.5. The predicted molar refractivity (Wildman–Crippen MR) is 82.5 cm³/mol. The summed E-state index contributed by atoms with van der Waals surface area (Å²) in [5, 5.41) is 2.87. The largest absolute Gasteiger partial charge is 0.467 e. The number of hydrogen-bond acceptors (Lipinski definition) is 3. The molecule has 0 aliphatic heterocycles. The fourth-order valence-corrected chi connectivity index (χ4v) is 2.81. The number of carbonyl (C=O) groups excluding carboxylic acids is 2. The first kappa shape index (κ1) is 14.3. The van der Waals surface area contributed by atoms with Gasteiger partial charge in [0.1, 0.15) is 5.54 Å². The van der Waals surface area contributed by atoms with E-state index in [1.54, 1.807) is 24.3 Å². The molecule has 1 aliphatic carbocycles. The second-order valence-electron chi connectivity index (χ2n) is 5.45. The Bertz CT molecular complexity index is 684. The molecule has 0 heterocycles. The van der Waals surface area contributed by atoms with Gasteiger partial charge in [0.15, 0.2) is 0 Å². The summed E-state index contributed by atoms with van der Waals surface area (Å²) in [6.07, 6.45) is 0.558. The quantitative estimate of drug-likeness (QED) is 0.882. The lowest BCUT2D eigenvalue weighted by molar-refractivity contribution is -0.144. The third-order valence-corrected chi connectivity index (χ3v) is 4.08. The fraction of sp³-hybridized carbons (Fsp3) is 0.222. The highest BCUT2D eigenvalue weighted by molar-refractivity contribution is 6.00. The second-order valence-corrected chi connectivity index (χ2v) is 5.45. The molecule has 1 amide bonds. The van der Waals surface area contributed by atoms with Crippen molar-refractivity contribution in [1.82, 2.24) is 5.32 Å². The molecule has 0 bridgehead atoms. The molecule has 1 saturated carbocycles. The van der Waals surface area contributed by atoms with E-state index in [0.717, 1.165) is 5.56 Å². The molecule has 4 heteroatoms. The Hall–Kier alpha value is -2.62. The molecular weight excluding hydrogens is 278 g/mol. The number of amides is 1. The summed E-state index contributed by atoms with van der Waals surface area (Å²) in [4.78, 5) is 24.6. The van der Waals surface area contributed by atoms with Crippen molar-refractivity contribution in [2.24, 2.45) is 0 Å². The maximum Gasteiger partial charge on any atom is 0.332 e. The van der Waals surface area contributed by atoms with E-state index in [0.29, 0.717) is 12.0 Å². The molecule has 1 aliphatic rings. The summed E-state index contributed by atoms with van der Waals surface area (Å²) >= 11 is 0. The van der Waals surface area contributed by atoms with Crippen LogP contribution >= 0.6 is 0 Å². The van der Waals surface area contributed by atoms with Crippen LogP contribution in [0.1, 0.15) is 28.3 Å². The van der Waals surface area contributed by atoms with Gasteiger partial charge in [-0.25, -0.2) is 4.79 Å². The molecule has 2 unspecified atom stereocenters. The average molecular weight is 295 g/mol. The maximum atomic E-state index is 12.4. The van der Waals surface area contributed by atoms with Gasteiger partial charge in [0.25, 0.3) is 5.91 Å². The van der Waals surface area contributed by atoms with E-state index >= 15 is 0 Å². The Kier molecular flexibility index (Phi) is 3.67. The minimum absolute atomic E-state index is 0.0474. The molecule has 2 aromatic rings. The molecular formula is C18H17NO3. The predicted octanol–water partition coefficient (Wildman–Crippen LogP) is 2.52. The lowest BCUT2D eigenvalue weighted by atomic mass is 10.1. The van der Waals surface area contributed by atoms with Crippen molar-refractivity contribution in [3.63, 3.8) is 0 Å². The zero-order chi connectivity index (χ0) is 15.6. The third kappa shape index (κ3) is 2.48. The molecule has 0 radical (unpaired) electrons. The molecule has 2 aromatic carbocycles. The van der Waals surface area contributed by atoms with Gasteiger partial charge in [-0.3, -0.25) is 4.79 Å². The third-order valence-electron chi connectivity index (χ3n) is 4.08. The molecule has 1 N–H and O–H groups in total. The van der Waals surface area contributed by atoms with Crippen LogP contribution in [0, 0.1) is 0 Å². The van der Waals surface area contributed by atoms with Gasteiger partial charge in [0, 0.05) is 11.5 Å². The van der Waals surface area contributed by atoms with Crippen LogP contribution in [0.3, 0.4) is 0 Å². The number of benzene rings is 2. The van der Waals surface area contributed by atoms with Gasteiger partial charge < -0.3 is 10.1 Å². The molecule has 3 rings (SSSR count). The summed E-state index contributed by atoms with van der Waals surface area (Å²) in [5.74, 6) is -0.705. The Morgan fingerprint density at radius 1 is 1.05 bits per heavy atom. The van der Waals surface area contributed by atoms with E-state index in [4.69, 9.17) is 4.74 Å². The van der Waals surface area contributed by atoms with E-state index in [1.807, 2.05) is 36.4 Å². The van der Waals surface area contributed by atoms with Crippen LogP contribution in [0.5, 0.6) is 0 Å². The second kappa shape index (κ2) is 5.64. The first-order chi connectivity index (χ1) is 10.7. The molecule has 0 spiro atoms. The van der Waals surface area contributed by atoms with Gasteiger partial charge in [-0.1, -0.05) is 48.5 Å². The van der Waals surface area contributed by atoms with Crippen molar-refractivity contribution in [3.8, 4) is 0 Å². The summed E-state index contributed by atoms with van der Waals surface area (Å²) in [5.41, 5.74) is 0.606. The van der Waals surface area contributed by atoms with Crippen molar-refractivity contribution in [2.45, 2.75) is 17.9 Å². The zero-order valence-electron chi connectivity index (χ0n) is 12.3. The Balaban J connectivity index is 1.84. The number of esters is 1. The fourth-order valence-electron chi connectivity index (χ4n) is 2.81. The van der Waals surface area contributed by atoms with Gasteiger partial charge in [-0.15, -0.1) is 0 Å². The first-order valence-corrected chi connectivity index (χ1v) is 7.18. The number of rotatable bonds is 4. The monoisotopic (exact) mass is 295 g/mol. The maximum absolute atomic E-state index is 12.4. The number of methoxy groups -OCH3 is 1. The summed E-state index contributed by atoms with van der Waals surface area (Å²) in [6, 6.07) is 18.6. The summed E-state index contributed by atoms with van der Waals surface area (Å²) < 4.78 is 4.91. The van der Waals surface area contributed by atoms with E-state index < -0.39 is 11.5 Å². The number of nitrogens with one attached hydrogen (secondary N) is 1. The van der Waals surface area contributed by atoms with E-state index in [2.05, 4.69) is 5.32 Å². The molecule has 22 heavy (non-hydrogen) atoms. The van der Waals surface area contributed by atoms with Crippen LogP contribution in [0.25, 0.3) is 0 Å². The smallest absolute Gasteiger partial charge is 0.332 e. The van der Waals surface area contributed by atoms with Gasteiger partial charge in [0.2, 0.25) is 0 Å². The number of hydrogen-bond donors (Lipinski definition) is 1. The number of carbonyl (C=O) groups is 2. The van der Waals surface area contributed by atoms with Crippen LogP contribution in [0.4, 0.5) is 0 Å². The normalized spacial score (nSPS) is 22.7. The molecule has 2 atom stereocenters. The van der Waals surface area contributed by atoms with E-state index in [-0.39, 0.29) is 11.8 Å². The van der Waals surface area contributed by atoms with E-state index in [1.165, 1.54) is 7.11 Å². The van der Waals surface area contributed by atoms with Crippen LogP contribution < -0.4 is 5.32 Å². The van der Waals surface area contributed by atoms with Gasteiger partial charge >= 0.3 is 5.97 Å². The van der Waals surface area contributed by atoms with Crippen molar-refractivity contribution in [3.05, 3.63) is 71.8 Å². The lowest BCUT2D eigenvalue weighted by Crippen LogP contribution is -2.45.